The van der Waals surface area contributed by atoms with Gasteiger partial charge in [-0.15, -0.1) is 6.58 Å². The first-order valence-electron chi connectivity index (χ1n) is 6.51. The van der Waals surface area contributed by atoms with E-state index in [9.17, 15) is 5.02 Å². The quantitative estimate of drug-likeness (QED) is 0.468. The van der Waals surface area contributed by atoms with Crippen molar-refractivity contribution < 1.29 is 14.3 Å². The predicted molar refractivity (Wildman–Crippen MR) is 74.9 cm³/mol. The molecule has 0 aliphatic carbocycles. The molecule has 0 aliphatic rings. The first-order valence-corrected chi connectivity index (χ1v) is 6.51. The summed E-state index contributed by atoms with van der Waals surface area (Å²) in [7, 11) is -1.44. The number of hydrogen-bond donors (Lipinski definition) is 0. The maximum atomic E-state index is 11.6. The third-order valence-corrected chi connectivity index (χ3v) is 2.56. The molecule has 0 rings (SSSR count). The van der Waals surface area contributed by atoms with E-state index in [0.29, 0.717) is 12.5 Å². The lowest BCUT2D eigenvalue weighted by Gasteiger charge is -2.33. The molecule has 0 saturated carbocycles. The molecule has 0 heterocycles. The first kappa shape index (κ1) is 17.4. The molecule has 0 aromatic heterocycles. The van der Waals surface area contributed by atoms with Gasteiger partial charge in [-0.05, 0) is 39.5 Å². The SMILES string of the molecule is C=CC(C)(CCC=C(C)C)OB([O-])OCC(C)C. The lowest BCUT2D eigenvalue weighted by atomic mass is 9.97. The Morgan fingerprint density at radius 3 is 2.50 bits per heavy atom. The molecule has 104 valence electrons. The van der Waals surface area contributed by atoms with Crippen LogP contribution in [0, 0.1) is 5.92 Å². The smallest absolute Gasteiger partial charge is 0.345 e. The minimum absolute atomic E-state index is 0.325. The molecule has 0 aromatic rings. The van der Waals surface area contributed by atoms with Crippen molar-refractivity contribution in [1.29, 1.82) is 0 Å². The molecule has 0 amide bonds. The van der Waals surface area contributed by atoms with Gasteiger partial charge in [0.1, 0.15) is 0 Å². The molecular formula is C14H26BO3-. The van der Waals surface area contributed by atoms with Crippen LogP contribution in [0.1, 0.15) is 47.5 Å². The van der Waals surface area contributed by atoms with Gasteiger partial charge in [0.05, 0.1) is 5.60 Å². The Bertz CT molecular complexity index is 272. The maximum absolute atomic E-state index is 11.6. The Kier molecular flexibility index (Phi) is 8.24. The van der Waals surface area contributed by atoms with Gasteiger partial charge in [0.15, 0.2) is 0 Å². The van der Waals surface area contributed by atoms with Crippen molar-refractivity contribution in [2.45, 2.75) is 53.1 Å². The van der Waals surface area contributed by atoms with Crippen LogP contribution in [0.4, 0.5) is 0 Å². The molecule has 0 fully saturated rings. The summed E-state index contributed by atoms with van der Waals surface area (Å²) in [5.41, 5.74) is 0.631. The van der Waals surface area contributed by atoms with E-state index in [4.69, 9.17) is 9.31 Å². The van der Waals surface area contributed by atoms with Crippen LogP contribution in [0.3, 0.4) is 0 Å². The van der Waals surface area contributed by atoms with E-state index in [0.717, 1.165) is 12.8 Å². The van der Waals surface area contributed by atoms with E-state index in [1.54, 1.807) is 6.08 Å². The molecule has 4 heteroatoms. The van der Waals surface area contributed by atoms with Crippen LogP contribution in [0.2, 0.25) is 0 Å². The summed E-state index contributed by atoms with van der Waals surface area (Å²) >= 11 is 0. The second-order valence-corrected chi connectivity index (χ2v) is 5.47. The molecule has 0 radical (unpaired) electrons. The lowest BCUT2D eigenvalue weighted by molar-refractivity contribution is -0.264. The second kappa shape index (κ2) is 8.51. The van der Waals surface area contributed by atoms with Crippen LogP contribution < -0.4 is 5.02 Å². The summed E-state index contributed by atoms with van der Waals surface area (Å²) < 4.78 is 10.5. The zero-order valence-electron chi connectivity index (χ0n) is 12.4. The number of rotatable bonds is 9. The van der Waals surface area contributed by atoms with Gasteiger partial charge >= 0.3 is 7.32 Å². The normalized spacial score (nSPS) is 14.2. The average Bonchev–Trinajstić information content (AvgIpc) is 2.25. The van der Waals surface area contributed by atoms with Crippen LogP contribution in [0.15, 0.2) is 24.3 Å². The third-order valence-electron chi connectivity index (χ3n) is 2.56. The summed E-state index contributed by atoms with van der Waals surface area (Å²) in [6.07, 6.45) is 5.39. The van der Waals surface area contributed by atoms with Crippen molar-refractivity contribution in [2.75, 3.05) is 6.61 Å². The Morgan fingerprint density at radius 1 is 1.44 bits per heavy atom. The van der Waals surface area contributed by atoms with Crippen LogP contribution in [-0.4, -0.2) is 19.5 Å². The van der Waals surface area contributed by atoms with Gasteiger partial charge in [-0.1, -0.05) is 31.6 Å². The minimum atomic E-state index is -1.44. The molecule has 0 aromatic carbocycles. The fourth-order valence-electron chi connectivity index (χ4n) is 1.38. The van der Waals surface area contributed by atoms with Crippen LogP contribution in [-0.2, 0) is 9.31 Å². The summed E-state index contributed by atoms with van der Waals surface area (Å²) in [6, 6.07) is 0. The molecule has 0 saturated heterocycles. The molecule has 0 aliphatic heterocycles. The van der Waals surface area contributed by atoms with E-state index in [-0.39, 0.29) is 0 Å². The Balaban J connectivity index is 4.20. The molecular weight excluding hydrogens is 227 g/mol. The average molecular weight is 253 g/mol. The van der Waals surface area contributed by atoms with E-state index >= 15 is 0 Å². The van der Waals surface area contributed by atoms with Crippen molar-refractivity contribution in [3.63, 3.8) is 0 Å². The first-order chi connectivity index (χ1) is 8.29. The van der Waals surface area contributed by atoms with E-state index in [1.165, 1.54) is 5.57 Å². The van der Waals surface area contributed by atoms with Gasteiger partial charge in [0.2, 0.25) is 0 Å². The van der Waals surface area contributed by atoms with Gasteiger partial charge in [0.25, 0.3) is 0 Å². The maximum Gasteiger partial charge on any atom is 0.345 e. The minimum Gasteiger partial charge on any atom is -0.832 e. The van der Waals surface area contributed by atoms with Gasteiger partial charge in [-0.2, -0.15) is 0 Å². The van der Waals surface area contributed by atoms with Crippen molar-refractivity contribution in [3.05, 3.63) is 24.3 Å². The topological polar surface area (TPSA) is 41.5 Å². The van der Waals surface area contributed by atoms with Crippen molar-refractivity contribution >= 4 is 7.32 Å². The van der Waals surface area contributed by atoms with Crippen LogP contribution in [0.25, 0.3) is 0 Å². The number of hydrogen-bond acceptors (Lipinski definition) is 3. The van der Waals surface area contributed by atoms with E-state index < -0.39 is 12.9 Å². The summed E-state index contributed by atoms with van der Waals surface area (Å²) in [4.78, 5) is 0. The highest BCUT2D eigenvalue weighted by molar-refractivity contribution is 6.32. The highest BCUT2D eigenvalue weighted by Gasteiger charge is 2.22. The molecule has 1 atom stereocenters. The molecule has 18 heavy (non-hydrogen) atoms. The molecule has 0 bridgehead atoms. The zero-order chi connectivity index (χ0) is 14.2. The predicted octanol–water partition coefficient (Wildman–Crippen LogP) is 2.71. The molecule has 0 N–H and O–H groups in total. The van der Waals surface area contributed by atoms with E-state index in [2.05, 4.69) is 12.7 Å². The second-order valence-electron chi connectivity index (χ2n) is 5.47. The van der Waals surface area contributed by atoms with Crippen molar-refractivity contribution in [3.8, 4) is 0 Å². The molecule has 3 nitrogen and oxygen atoms in total. The highest BCUT2D eigenvalue weighted by atomic mass is 16.7. The zero-order valence-corrected chi connectivity index (χ0v) is 12.4. The van der Waals surface area contributed by atoms with Crippen LogP contribution >= 0.6 is 0 Å². The van der Waals surface area contributed by atoms with Gasteiger partial charge in [0, 0.05) is 6.61 Å². The van der Waals surface area contributed by atoms with Gasteiger partial charge in [-0.3, -0.25) is 0 Å². The highest BCUT2D eigenvalue weighted by Crippen LogP contribution is 2.20. The standard InChI is InChI=1S/C14H26BO3/c1-7-14(6,10-8-9-12(2)3)18-15(16)17-11-13(4)5/h7,9,13H,1,8,10-11H2,2-6H3/q-1. The molecule has 0 spiro atoms. The monoisotopic (exact) mass is 253 g/mol. The summed E-state index contributed by atoms with van der Waals surface area (Å²) in [5, 5.41) is 11.6. The fourth-order valence-corrected chi connectivity index (χ4v) is 1.38. The fraction of sp³-hybridized carbons (Fsp3) is 0.714. The molecule has 1 unspecified atom stereocenters. The third kappa shape index (κ3) is 8.51. The summed E-state index contributed by atoms with van der Waals surface area (Å²) in [6.45, 7) is 14.1. The summed E-state index contributed by atoms with van der Waals surface area (Å²) in [5.74, 6) is 0.325. The Hall–Kier alpha value is -0.575. The van der Waals surface area contributed by atoms with Gasteiger partial charge in [-0.25, -0.2) is 0 Å². The van der Waals surface area contributed by atoms with Gasteiger partial charge < -0.3 is 14.3 Å². The Morgan fingerprint density at radius 2 is 2.06 bits per heavy atom. The van der Waals surface area contributed by atoms with Crippen molar-refractivity contribution in [2.24, 2.45) is 5.92 Å². The number of allylic oxidation sites excluding steroid dienone is 2. The largest absolute Gasteiger partial charge is 0.832 e. The van der Waals surface area contributed by atoms with E-state index in [1.807, 2.05) is 34.6 Å². The lowest BCUT2D eigenvalue weighted by Crippen LogP contribution is -2.46. The van der Waals surface area contributed by atoms with Crippen LogP contribution in [0.5, 0.6) is 0 Å². The van der Waals surface area contributed by atoms with Crippen molar-refractivity contribution in [1.82, 2.24) is 0 Å². The Labute approximate surface area is 112 Å².